The number of benzene rings is 2. The van der Waals surface area contributed by atoms with Gasteiger partial charge in [-0.15, -0.1) is 0 Å². The van der Waals surface area contributed by atoms with Crippen molar-refractivity contribution in [2.24, 2.45) is 0 Å². The van der Waals surface area contributed by atoms with Crippen LogP contribution >= 0.6 is 0 Å². The molecule has 1 aliphatic rings. The van der Waals surface area contributed by atoms with E-state index in [0.717, 1.165) is 13.2 Å². The van der Waals surface area contributed by atoms with Gasteiger partial charge in [0.05, 0.1) is 13.2 Å². The van der Waals surface area contributed by atoms with E-state index < -0.39 is 0 Å². The van der Waals surface area contributed by atoms with E-state index in [4.69, 9.17) is 4.74 Å². The summed E-state index contributed by atoms with van der Waals surface area (Å²) in [5.41, 5.74) is 2.78. The highest BCUT2D eigenvalue weighted by Crippen LogP contribution is 2.37. The molecule has 2 aromatic carbocycles. The Bertz CT molecular complexity index is 418. The van der Waals surface area contributed by atoms with Crippen LogP contribution in [0.25, 0.3) is 0 Å². The SMILES string of the molecule is c1ccc([C@H]2COC[C@H]2c2ccccc2)cc1. The molecule has 17 heavy (non-hydrogen) atoms. The van der Waals surface area contributed by atoms with Gasteiger partial charge >= 0.3 is 0 Å². The average molecular weight is 224 g/mol. The first-order chi connectivity index (χ1) is 8.45. The summed E-state index contributed by atoms with van der Waals surface area (Å²) in [6.07, 6.45) is 0. The predicted octanol–water partition coefficient (Wildman–Crippen LogP) is 3.58. The molecular weight excluding hydrogens is 208 g/mol. The highest BCUT2D eigenvalue weighted by Gasteiger charge is 2.30. The van der Waals surface area contributed by atoms with E-state index in [-0.39, 0.29) is 0 Å². The van der Waals surface area contributed by atoms with Gasteiger partial charge < -0.3 is 4.74 Å². The Hall–Kier alpha value is -1.60. The maximum absolute atomic E-state index is 5.68. The van der Waals surface area contributed by atoms with Crippen molar-refractivity contribution >= 4 is 0 Å². The first-order valence-corrected chi connectivity index (χ1v) is 6.13. The van der Waals surface area contributed by atoms with E-state index in [1.807, 2.05) is 0 Å². The Morgan fingerprint density at radius 1 is 0.647 bits per heavy atom. The Labute approximate surface area is 102 Å². The number of rotatable bonds is 2. The van der Waals surface area contributed by atoms with Crippen molar-refractivity contribution in [3.8, 4) is 0 Å². The van der Waals surface area contributed by atoms with Gasteiger partial charge in [0.1, 0.15) is 0 Å². The molecule has 0 aromatic heterocycles. The van der Waals surface area contributed by atoms with Crippen LogP contribution in [0.4, 0.5) is 0 Å². The second-order valence-electron chi connectivity index (χ2n) is 4.57. The van der Waals surface area contributed by atoms with Crippen molar-refractivity contribution in [3.63, 3.8) is 0 Å². The van der Waals surface area contributed by atoms with Crippen LogP contribution in [0.15, 0.2) is 60.7 Å². The molecule has 3 rings (SSSR count). The third kappa shape index (κ3) is 2.11. The second kappa shape index (κ2) is 4.72. The number of hydrogen-bond donors (Lipinski definition) is 0. The Kier molecular flexibility index (Phi) is 2.93. The van der Waals surface area contributed by atoms with Crippen molar-refractivity contribution in [3.05, 3.63) is 71.8 Å². The van der Waals surface area contributed by atoms with Gasteiger partial charge in [-0.2, -0.15) is 0 Å². The first-order valence-electron chi connectivity index (χ1n) is 6.13. The lowest BCUT2D eigenvalue weighted by Gasteiger charge is -2.18. The molecule has 1 fully saturated rings. The Morgan fingerprint density at radius 2 is 1.06 bits per heavy atom. The molecule has 86 valence electrons. The standard InChI is InChI=1S/C16H16O/c1-3-7-13(8-4-1)15-11-17-12-16(15)14-9-5-2-6-10-14/h1-10,15-16H,11-12H2/t15-,16+. The van der Waals surface area contributed by atoms with Crippen molar-refractivity contribution in [1.29, 1.82) is 0 Å². The van der Waals surface area contributed by atoms with E-state index in [9.17, 15) is 0 Å². The molecule has 0 unspecified atom stereocenters. The Morgan fingerprint density at radius 3 is 1.47 bits per heavy atom. The minimum absolute atomic E-state index is 0.499. The van der Waals surface area contributed by atoms with Crippen LogP contribution in [0.3, 0.4) is 0 Å². The van der Waals surface area contributed by atoms with E-state index in [1.165, 1.54) is 11.1 Å². The van der Waals surface area contributed by atoms with Gasteiger partial charge in [-0.1, -0.05) is 60.7 Å². The molecule has 0 aliphatic carbocycles. The molecule has 2 atom stereocenters. The topological polar surface area (TPSA) is 9.23 Å². The van der Waals surface area contributed by atoms with Crippen LogP contribution in [0.2, 0.25) is 0 Å². The molecule has 0 radical (unpaired) electrons. The molecule has 0 N–H and O–H groups in total. The van der Waals surface area contributed by atoms with Crippen LogP contribution < -0.4 is 0 Å². The van der Waals surface area contributed by atoms with Crippen LogP contribution in [0.5, 0.6) is 0 Å². The van der Waals surface area contributed by atoms with Gasteiger partial charge in [0.2, 0.25) is 0 Å². The summed E-state index contributed by atoms with van der Waals surface area (Å²) >= 11 is 0. The number of hydrogen-bond acceptors (Lipinski definition) is 1. The summed E-state index contributed by atoms with van der Waals surface area (Å²) in [6.45, 7) is 1.67. The zero-order chi connectivity index (χ0) is 11.5. The molecule has 0 spiro atoms. The normalized spacial score (nSPS) is 23.8. The second-order valence-corrected chi connectivity index (χ2v) is 4.57. The highest BCUT2D eigenvalue weighted by atomic mass is 16.5. The molecule has 0 bridgehead atoms. The van der Waals surface area contributed by atoms with Gasteiger partial charge in [0, 0.05) is 11.8 Å². The van der Waals surface area contributed by atoms with Gasteiger partial charge in [0.25, 0.3) is 0 Å². The summed E-state index contributed by atoms with van der Waals surface area (Å²) in [5.74, 6) is 0.997. The molecule has 0 saturated carbocycles. The summed E-state index contributed by atoms with van der Waals surface area (Å²) in [6, 6.07) is 21.4. The molecular formula is C16H16O. The minimum atomic E-state index is 0.499. The predicted molar refractivity (Wildman–Crippen MR) is 69.2 cm³/mol. The van der Waals surface area contributed by atoms with Gasteiger partial charge in [-0.25, -0.2) is 0 Å². The first kappa shape index (κ1) is 10.5. The zero-order valence-corrected chi connectivity index (χ0v) is 9.75. The van der Waals surface area contributed by atoms with Gasteiger partial charge in [-0.3, -0.25) is 0 Å². The van der Waals surface area contributed by atoms with Gasteiger partial charge in [0.15, 0.2) is 0 Å². The lowest BCUT2D eigenvalue weighted by atomic mass is 9.84. The fraction of sp³-hybridized carbons (Fsp3) is 0.250. The van der Waals surface area contributed by atoms with E-state index in [0.29, 0.717) is 11.8 Å². The van der Waals surface area contributed by atoms with Crippen LogP contribution in [0.1, 0.15) is 23.0 Å². The Balaban J connectivity index is 1.91. The van der Waals surface area contributed by atoms with Crippen molar-refractivity contribution in [1.82, 2.24) is 0 Å². The van der Waals surface area contributed by atoms with Crippen LogP contribution in [0, 0.1) is 0 Å². The van der Waals surface area contributed by atoms with E-state index >= 15 is 0 Å². The third-order valence-corrected chi connectivity index (χ3v) is 3.54. The zero-order valence-electron chi connectivity index (χ0n) is 9.75. The largest absolute Gasteiger partial charge is 0.380 e. The van der Waals surface area contributed by atoms with Crippen molar-refractivity contribution in [2.45, 2.75) is 11.8 Å². The fourth-order valence-corrected chi connectivity index (χ4v) is 2.61. The summed E-state index contributed by atoms with van der Waals surface area (Å²) in [5, 5.41) is 0. The maximum atomic E-state index is 5.68. The van der Waals surface area contributed by atoms with Crippen LogP contribution in [-0.2, 0) is 4.74 Å². The van der Waals surface area contributed by atoms with Crippen molar-refractivity contribution in [2.75, 3.05) is 13.2 Å². The lowest BCUT2D eigenvalue weighted by Crippen LogP contribution is -2.08. The molecule has 1 heterocycles. The quantitative estimate of drug-likeness (QED) is 0.757. The molecule has 1 heteroatoms. The summed E-state index contributed by atoms with van der Waals surface area (Å²) < 4.78 is 5.68. The average Bonchev–Trinajstić information content (AvgIpc) is 2.90. The van der Waals surface area contributed by atoms with E-state index in [2.05, 4.69) is 60.7 Å². The lowest BCUT2D eigenvalue weighted by molar-refractivity contribution is 0.190. The van der Waals surface area contributed by atoms with Crippen molar-refractivity contribution < 1.29 is 4.74 Å². The maximum Gasteiger partial charge on any atom is 0.0541 e. The molecule has 2 aromatic rings. The van der Waals surface area contributed by atoms with Crippen LogP contribution in [-0.4, -0.2) is 13.2 Å². The smallest absolute Gasteiger partial charge is 0.0541 e. The monoisotopic (exact) mass is 224 g/mol. The molecule has 1 aliphatic heterocycles. The summed E-state index contributed by atoms with van der Waals surface area (Å²) in [7, 11) is 0. The minimum Gasteiger partial charge on any atom is -0.380 e. The van der Waals surface area contributed by atoms with E-state index in [1.54, 1.807) is 0 Å². The third-order valence-electron chi connectivity index (χ3n) is 3.54. The number of ether oxygens (including phenoxy) is 1. The fourth-order valence-electron chi connectivity index (χ4n) is 2.61. The summed E-state index contributed by atoms with van der Waals surface area (Å²) in [4.78, 5) is 0. The highest BCUT2D eigenvalue weighted by molar-refractivity contribution is 5.30. The molecule has 1 saturated heterocycles. The van der Waals surface area contributed by atoms with Gasteiger partial charge in [-0.05, 0) is 11.1 Å². The molecule has 1 nitrogen and oxygen atoms in total. The molecule has 0 amide bonds.